The van der Waals surface area contributed by atoms with Gasteiger partial charge in [-0.15, -0.1) is 0 Å². The lowest BCUT2D eigenvalue weighted by molar-refractivity contribution is -0.146. The molecule has 0 spiro atoms. The lowest BCUT2D eigenvalue weighted by Crippen LogP contribution is -2.22. The molecule has 1 aliphatic rings. The van der Waals surface area contributed by atoms with Crippen molar-refractivity contribution in [2.45, 2.75) is 37.8 Å². The number of esters is 1. The van der Waals surface area contributed by atoms with Crippen LogP contribution in [0.2, 0.25) is 0 Å². The van der Waals surface area contributed by atoms with Gasteiger partial charge in [-0.1, -0.05) is 12.1 Å². The fourth-order valence-electron chi connectivity index (χ4n) is 3.32. The fourth-order valence-corrected chi connectivity index (χ4v) is 3.32. The van der Waals surface area contributed by atoms with E-state index in [1.54, 1.807) is 12.3 Å². The Balaban J connectivity index is 1.72. The van der Waals surface area contributed by atoms with Crippen LogP contribution in [-0.4, -0.2) is 23.0 Å². The molecule has 0 radical (unpaired) electrons. The molecule has 7 heteroatoms. The average Bonchev–Trinajstić information content (AvgIpc) is 3.11. The highest BCUT2D eigenvalue weighted by atomic mass is 19.4. The number of aromatic nitrogens is 2. The first-order valence-corrected chi connectivity index (χ1v) is 8.19. The minimum absolute atomic E-state index is 0.0702. The summed E-state index contributed by atoms with van der Waals surface area (Å²) in [6.45, 7) is 0. The topological polar surface area (TPSA) is 55.0 Å². The van der Waals surface area contributed by atoms with Crippen LogP contribution in [0.3, 0.4) is 0 Å². The molecule has 0 amide bonds. The minimum Gasteiger partial charge on any atom is -0.469 e. The van der Waals surface area contributed by atoms with Gasteiger partial charge in [-0.3, -0.25) is 4.79 Å². The summed E-state index contributed by atoms with van der Waals surface area (Å²) in [7, 11) is 1.39. The molecule has 2 aromatic rings. The van der Waals surface area contributed by atoms with Gasteiger partial charge in [0.05, 0.1) is 30.5 Å². The molecule has 1 heterocycles. The Bertz CT molecular complexity index is 747. The van der Waals surface area contributed by atoms with E-state index in [1.807, 2.05) is 0 Å². The van der Waals surface area contributed by atoms with Crippen LogP contribution in [0.25, 0.3) is 11.3 Å². The van der Waals surface area contributed by atoms with Crippen LogP contribution >= 0.6 is 0 Å². The molecule has 3 rings (SSSR count). The van der Waals surface area contributed by atoms with E-state index in [1.165, 1.54) is 13.2 Å². The van der Waals surface area contributed by atoms with Crippen molar-refractivity contribution in [3.8, 4) is 11.3 Å². The summed E-state index contributed by atoms with van der Waals surface area (Å²) in [4.78, 5) is 19.1. The Morgan fingerprint density at radius 3 is 2.60 bits per heavy atom. The van der Waals surface area contributed by atoms with Crippen LogP contribution in [0.5, 0.6) is 0 Å². The van der Waals surface area contributed by atoms with E-state index in [0.29, 0.717) is 11.3 Å². The molecule has 25 heavy (non-hydrogen) atoms. The smallest absolute Gasteiger partial charge is 0.416 e. The van der Waals surface area contributed by atoms with Crippen LogP contribution in [0.15, 0.2) is 30.5 Å². The maximum absolute atomic E-state index is 12.8. The van der Waals surface area contributed by atoms with Gasteiger partial charge >= 0.3 is 12.1 Å². The van der Waals surface area contributed by atoms with E-state index in [0.717, 1.165) is 43.6 Å². The van der Waals surface area contributed by atoms with Crippen molar-refractivity contribution in [2.75, 3.05) is 7.11 Å². The first-order valence-electron chi connectivity index (χ1n) is 8.19. The van der Waals surface area contributed by atoms with Crippen molar-refractivity contribution < 1.29 is 22.7 Å². The molecule has 4 nitrogen and oxygen atoms in total. The molecule has 1 saturated carbocycles. The number of aromatic amines is 1. The van der Waals surface area contributed by atoms with Crippen LogP contribution in [-0.2, 0) is 15.7 Å². The molecule has 1 aromatic carbocycles. The van der Waals surface area contributed by atoms with Crippen molar-refractivity contribution in [2.24, 2.45) is 5.92 Å². The second kappa shape index (κ2) is 6.90. The summed E-state index contributed by atoms with van der Waals surface area (Å²) in [5.74, 6) is 0.692. The molecular weight excluding hydrogens is 333 g/mol. The third-order valence-electron chi connectivity index (χ3n) is 4.74. The molecule has 1 N–H and O–H groups in total. The van der Waals surface area contributed by atoms with Gasteiger partial charge in [-0.05, 0) is 37.8 Å². The zero-order chi connectivity index (χ0) is 18.0. The van der Waals surface area contributed by atoms with Gasteiger partial charge in [0.1, 0.15) is 5.82 Å². The second-order valence-corrected chi connectivity index (χ2v) is 6.33. The first kappa shape index (κ1) is 17.5. The molecule has 1 aromatic heterocycles. The van der Waals surface area contributed by atoms with Crippen LogP contribution in [0.4, 0.5) is 13.2 Å². The second-order valence-electron chi connectivity index (χ2n) is 6.33. The van der Waals surface area contributed by atoms with Gasteiger partial charge in [0, 0.05) is 11.5 Å². The Kier molecular flexibility index (Phi) is 4.83. The minimum atomic E-state index is -4.37. The maximum atomic E-state index is 12.8. The highest BCUT2D eigenvalue weighted by Gasteiger charge is 2.31. The van der Waals surface area contributed by atoms with E-state index < -0.39 is 11.7 Å². The third-order valence-corrected chi connectivity index (χ3v) is 4.74. The number of carbonyl (C=O) groups is 1. The third kappa shape index (κ3) is 3.86. The first-order chi connectivity index (χ1) is 11.9. The van der Waals surface area contributed by atoms with Gasteiger partial charge in [0.15, 0.2) is 0 Å². The van der Waals surface area contributed by atoms with Gasteiger partial charge < -0.3 is 9.72 Å². The Morgan fingerprint density at radius 1 is 1.24 bits per heavy atom. The van der Waals surface area contributed by atoms with Crippen molar-refractivity contribution >= 4 is 5.97 Å². The molecule has 0 atom stereocenters. The number of nitrogens with zero attached hydrogens (tertiary/aromatic N) is 1. The number of methoxy groups -OCH3 is 1. The van der Waals surface area contributed by atoms with E-state index in [9.17, 15) is 18.0 Å². The predicted octanol–water partition coefficient (Wildman–Crippen LogP) is 4.54. The van der Waals surface area contributed by atoms with Gasteiger partial charge in [-0.2, -0.15) is 13.2 Å². The van der Waals surface area contributed by atoms with E-state index in [2.05, 4.69) is 9.97 Å². The number of ether oxygens (including phenoxy) is 1. The number of benzene rings is 1. The molecular formula is C18H19F3N2O2. The lowest BCUT2D eigenvalue weighted by Gasteiger charge is -2.25. The molecule has 1 aliphatic carbocycles. The lowest BCUT2D eigenvalue weighted by atomic mass is 9.81. The standard InChI is InChI=1S/C18H19F3N2O2/c1-25-17(24)12-7-5-11(6-8-12)16-22-10-15(23-16)13-3-2-4-14(9-13)18(19,20)21/h2-4,9-12H,5-8H2,1H3,(H,22,23). The number of carbonyl (C=O) groups excluding carboxylic acids is 1. The van der Waals surface area contributed by atoms with Gasteiger partial charge in [-0.25, -0.2) is 4.98 Å². The number of hydrogen-bond donors (Lipinski definition) is 1. The van der Waals surface area contributed by atoms with Crippen LogP contribution in [0, 0.1) is 5.92 Å². The summed E-state index contributed by atoms with van der Waals surface area (Å²) in [6, 6.07) is 5.18. The summed E-state index contributed by atoms with van der Waals surface area (Å²) >= 11 is 0. The predicted molar refractivity (Wildman–Crippen MR) is 85.7 cm³/mol. The van der Waals surface area contributed by atoms with Crippen molar-refractivity contribution in [3.63, 3.8) is 0 Å². The number of rotatable bonds is 3. The molecule has 0 saturated heterocycles. The van der Waals surface area contributed by atoms with Crippen LogP contribution < -0.4 is 0 Å². The summed E-state index contributed by atoms with van der Waals surface area (Å²) in [5, 5.41) is 0. The number of alkyl halides is 3. The normalized spacial score (nSPS) is 21.1. The number of nitrogens with one attached hydrogen (secondary N) is 1. The molecule has 1 fully saturated rings. The number of H-pyrrole nitrogens is 1. The highest BCUT2D eigenvalue weighted by Crippen LogP contribution is 2.36. The number of halogens is 3. The molecule has 0 unspecified atom stereocenters. The van der Waals surface area contributed by atoms with E-state index >= 15 is 0 Å². The molecule has 134 valence electrons. The zero-order valence-corrected chi connectivity index (χ0v) is 13.8. The fraction of sp³-hybridized carbons (Fsp3) is 0.444. The maximum Gasteiger partial charge on any atom is 0.416 e. The number of imidazole rings is 1. The quantitative estimate of drug-likeness (QED) is 0.825. The number of hydrogen-bond acceptors (Lipinski definition) is 3. The van der Waals surface area contributed by atoms with Crippen molar-refractivity contribution in [1.82, 2.24) is 9.97 Å². The Morgan fingerprint density at radius 2 is 1.96 bits per heavy atom. The summed E-state index contributed by atoms with van der Waals surface area (Å²) in [5.41, 5.74) is 0.341. The Labute approximate surface area is 143 Å². The van der Waals surface area contributed by atoms with Crippen molar-refractivity contribution in [1.29, 1.82) is 0 Å². The van der Waals surface area contributed by atoms with Gasteiger partial charge in [0.25, 0.3) is 0 Å². The van der Waals surface area contributed by atoms with Gasteiger partial charge in [0.2, 0.25) is 0 Å². The largest absolute Gasteiger partial charge is 0.469 e. The monoisotopic (exact) mass is 352 g/mol. The highest BCUT2D eigenvalue weighted by molar-refractivity contribution is 5.72. The molecule has 0 bridgehead atoms. The SMILES string of the molecule is COC(=O)C1CCC(c2ncc(-c3cccc(C(F)(F)F)c3)[nH]2)CC1. The van der Waals surface area contributed by atoms with Crippen LogP contribution in [0.1, 0.15) is 43.0 Å². The average molecular weight is 352 g/mol. The van der Waals surface area contributed by atoms with E-state index in [4.69, 9.17) is 4.74 Å². The summed E-state index contributed by atoms with van der Waals surface area (Å²) < 4.78 is 43.3. The zero-order valence-electron chi connectivity index (χ0n) is 13.8. The van der Waals surface area contributed by atoms with Crippen molar-refractivity contribution in [3.05, 3.63) is 41.9 Å². The Hall–Kier alpha value is -2.31. The van der Waals surface area contributed by atoms with E-state index in [-0.39, 0.29) is 17.8 Å². The molecule has 0 aliphatic heterocycles. The summed E-state index contributed by atoms with van der Waals surface area (Å²) in [6.07, 6.45) is 0.265.